The SMILES string of the molecule is CC(=O)NC1C(COC(C)(C)C2C(CO)CC(CO)C(NC(C)=O)C2O)CC(CO)C(O)C1O. The summed E-state index contributed by atoms with van der Waals surface area (Å²) >= 11 is 0. The van der Waals surface area contributed by atoms with E-state index in [1.165, 1.54) is 13.8 Å². The number of nitrogens with one attached hydrogen (secondary N) is 2. The standard InChI is InChI=1S/C23H42N2O9/c1-11(29)24-18-14(8-27)5-13(7-26)17(21(18)32)23(3,4)34-10-16-6-15(9-28)20(31)22(33)19(16)25-12(2)30/h13-22,26-28,31-33H,5-10H2,1-4H3,(H,24,29)(H,25,30). The second-order valence-corrected chi connectivity index (χ2v) is 10.4. The zero-order valence-corrected chi connectivity index (χ0v) is 20.4. The molecule has 0 spiro atoms. The minimum absolute atomic E-state index is 0.0494. The third-order valence-electron chi connectivity index (χ3n) is 7.59. The van der Waals surface area contributed by atoms with Crippen LogP contribution in [0, 0.1) is 29.6 Å². The summed E-state index contributed by atoms with van der Waals surface area (Å²) in [5.41, 5.74) is -1.000. The van der Waals surface area contributed by atoms with Crippen LogP contribution in [0.15, 0.2) is 0 Å². The first-order valence-corrected chi connectivity index (χ1v) is 11.9. The van der Waals surface area contributed by atoms with Gasteiger partial charge < -0.3 is 46.0 Å². The van der Waals surface area contributed by atoms with E-state index in [4.69, 9.17) is 4.74 Å². The maximum atomic E-state index is 11.7. The van der Waals surface area contributed by atoms with Crippen molar-refractivity contribution in [3.05, 3.63) is 0 Å². The summed E-state index contributed by atoms with van der Waals surface area (Å²) in [6.07, 6.45) is -2.91. The van der Waals surface area contributed by atoms with Gasteiger partial charge in [-0.15, -0.1) is 0 Å². The second-order valence-electron chi connectivity index (χ2n) is 10.4. The third kappa shape index (κ3) is 6.45. The highest BCUT2D eigenvalue weighted by atomic mass is 16.5. The van der Waals surface area contributed by atoms with Crippen LogP contribution < -0.4 is 10.6 Å². The van der Waals surface area contributed by atoms with Crippen molar-refractivity contribution in [2.24, 2.45) is 29.6 Å². The number of rotatable bonds is 9. The Labute approximate surface area is 200 Å². The Kier molecular flexibility index (Phi) is 10.3. The van der Waals surface area contributed by atoms with Crippen LogP contribution in [0.1, 0.15) is 40.5 Å². The van der Waals surface area contributed by atoms with Crippen LogP contribution in [-0.4, -0.2) is 105 Å². The highest BCUT2D eigenvalue weighted by molar-refractivity contribution is 5.73. The van der Waals surface area contributed by atoms with Crippen molar-refractivity contribution in [1.82, 2.24) is 10.6 Å². The lowest BCUT2D eigenvalue weighted by molar-refractivity contribution is -0.175. The number of hydrogen-bond donors (Lipinski definition) is 8. The maximum Gasteiger partial charge on any atom is 0.217 e. The predicted octanol–water partition coefficient (Wildman–Crippen LogP) is -2.26. The molecule has 0 aliphatic heterocycles. The van der Waals surface area contributed by atoms with Gasteiger partial charge in [0.2, 0.25) is 11.8 Å². The van der Waals surface area contributed by atoms with Crippen LogP contribution in [-0.2, 0) is 14.3 Å². The Balaban J connectivity index is 2.24. The predicted molar refractivity (Wildman–Crippen MR) is 121 cm³/mol. The summed E-state index contributed by atoms with van der Waals surface area (Å²) < 4.78 is 6.25. The van der Waals surface area contributed by atoms with Crippen molar-refractivity contribution in [2.75, 3.05) is 26.4 Å². The van der Waals surface area contributed by atoms with E-state index in [1.54, 1.807) is 13.8 Å². The summed E-state index contributed by atoms with van der Waals surface area (Å²) in [6, 6.07) is -1.50. The molecule has 8 N–H and O–H groups in total. The van der Waals surface area contributed by atoms with Crippen molar-refractivity contribution in [1.29, 1.82) is 0 Å². The lowest BCUT2D eigenvalue weighted by atomic mass is 9.64. The van der Waals surface area contributed by atoms with Crippen LogP contribution in [0.2, 0.25) is 0 Å². The molecule has 34 heavy (non-hydrogen) atoms. The molecule has 11 heteroatoms. The van der Waals surface area contributed by atoms with E-state index in [0.717, 1.165) is 0 Å². The van der Waals surface area contributed by atoms with E-state index in [1.807, 2.05) is 0 Å². The largest absolute Gasteiger partial charge is 0.396 e. The summed E-state index contributed by atoms with van der Waals surface area (Å²) in [5, 5.41) is 66.9. The molecule has 0 saturated heterocycles. The van der Waals surface area contributed by atoms with Gasteiger partial charge in [-0.3, -0.25) is 9.59 Å². The lowest BCUT2D eigenvalue weighted by Crippen LogP contribution is -2.63. The highest BCUT2D eigenvalue weighted by Gasteiger charge is 2.51. The molecular formula is C23H42N2O9. The topological polar surface area (TPSA) is 189 Å². The fourth-order valence-corrected chi connectivity index (χ4v) is 5.91. The number of ether oxygens (including phenoxy) is 1. The molecule has 0 aromatic heterocycles. The molecule has 2 aliphatic carbocycles. The van der Waals surface area contributed by atoms with Gasteiger partial charge in [0.1, 0.15) is 6.10 Å². The van der Waals surface area contributed by atoms with Crippen LogP contribution >= 0.6 is 0 Å². The number of carbonyl (C=O) groups excluding carboxylic acids is 2. The Hall–Kier alpha value is -1.34. The minimum atomic E-state index is -1.29. The van der Waals surface area contributed by atoms with Gasteiger partial charge in [-0.2, -0.15) is 0 Å². The molecular weight excluding hydrogens is 448 g/mol. The average Bonchev–Trinajstić information content (AvgIpc) is 2.76. The summed E-state index contributed by atoms with van der Waals surface area (Å²) in [4.78, 5) is 23.4. The molecule has 2 rings (SSSR count). The Bertz CT molecular complexity index is 691. The molecule has 11 nitrogen and oxygen atoms in total. The van der Waals surface area contributed by atoms with E-state index >= 15 is 0 Å². The van der Waals surface area contributed by atoms with Gasteiger partial charge >= 0.3 is 0 Å². The first kappa shape index (κ1) is 28.9. The monoisotopic (exact) mass is 490 g/mol. The van der Waals surface area contributed by atoms with Crippen LogP contribution in [0.4, 0.5) is 0 Å². The normalized spacial score (nSPS) is 38.9. The van der Waals surface area contributed by atoms with Gasteiger partial charge in [-0.05, 0) is 32.6 Å². The highest BCUT2D eigenvalue weighted by Crippen LogP contribution is 2.42. The fourth-order valence-electron chi connectivity index (χ4n) is 5.91. The Morgan fingerprint density at radius 1 is 0.765 bits per heavy atom. The fraction of sp³-hybridized carbons (Fsp3) is 0.913. The Morgan fingerprint density at radius 3 is 1.71 bits per heavy atom. The van der Waals surface area contributed by atoms with Gasteiger partial charge in [0.15, 0.2) is 0 Å². The molecule has 0 heterocycles. The minimum Gasteiger partial charge on any atom is -0.396 e. The molecule has 0 radical (unpaired) electrons. The number of amides is 2. The molecule has 0 bridgehead atoms. The lowest BCUT2D eigenvalue weighted by Gasteiger charge is -2.51. The first-order valence-electron chi connectivity index (χ1n) is 11.9. The number of hydrogen-bond acceptors (Lipinski definition) is 9. The summed E-state index contributed by atoms with van der Waals surface area (Å²) in [5.74, 6) is -3.15. The van der Waals surface area contributed by atoms with E-state index in [9.17, 15) is 40.2 Å². The summed E-state index contributed by atoms with van der Waals surface area (Å²) in [6.45, 7) is 5.38. The van der Waals surface area contributed by atoms with Gasteiger partial charge in [0, 0.05) is 57.3 Å². The molecule has 198 valence electrons. The summed E-state index contributed by atoms with van der Waals surface area (Å²) in [7, 11) is 0. The molecule has 2 fully saturated rings. The molecule has 2 aliphatic rings. The van der Waals surface area contributed by atoms with Crippen molar-refractivity contribution < 1.29 is 45.0 Å². The van der Waals surface area contributed by atoms with E-state index < -0.39 is 65.6 Å². The first-order chi connectivity index (χ1) is 15.9. The molecule has 2 saturated carbocycles. The zero-order chi connectivity index (χ0) is 25.8. The Morgan fingerprint density at radius 2 is 1.24 bits per heavy atom. The second kappa shape index (κ2) is 12.1. The van der Waals surface area contributed by atoms with Crippen LogP contribution in [0.3, 0.4) is 0 Å². The third-order valence-corrected chi connectivity index (χ3v) is 7.59. The van der Waals surface area contributed by atoms with Crippen molar-refractivity contribution in [3.63, 3.8) is 0 Å². The number of aliphatic hydroxyl groups is 6. The number of aliphatic hydroxyl groups excluding tert-OH is 6. The van der Waals surface area contributed by atoms with E-state index in [2.05, 4.69) is 10.6 Å². The smallest absolute Gasteiger partial charge is 0.217 e. The van der Waals surface area contributed by atoms with Gasteiger partial charge in [-0.1, -0.05) is 0 Å². The van der Waals surface area contributed by atoms with Crippen LogP contribution in [0.5, 0.6) is 0 Å². The van der Waals surface area contributed by atoms with Gasteiger partial charge in [0.05, 0.1) is 36.5 Å². The molecule has 10 unspecified atom stereocenters. The van der Waals surface area contributed by atoms with E-state index in [-0.39, 0.29) is 38.2 Å². The van der Waals surface area contributed by atoms with Gasteiger partial charge in [-0.25, -0.2) is 0 Å². The average molecular weight is 491 g/mol. The molecule has 2 amide bonds. The van der Waals surface area contributed by atoms with Crippen molar-refractivity contribution >= 4 is 11.8 Å². The maximum absolute atomic E-state index is 11.7. The molecule has 0 aromatic carbocycles. The number of carbonyl (C=O) groups is 2. The van der Waals surface area contributed by atoms with Crippen molar-refractivity contribution in [2.45, 2.75) is 76.5 Å². The van der Waals surface area contributed by atoms with E-state index in [0.29, 0.717) is 12.8 Å². The zero-order valence-electron chi connectivity index (χ0n) is 20.4. The molecule has 0 aromatic rings. The van der Waals surface area contributed by atoms with Gasteiger partial charge in [0.25, 0.3) is 0 Å². The van der Waals surface area contributed by atoms with Crippen LogP contribution in [0.25, 0.3) is 0 Å². The molecule has 10 atom stereocenters. The quantitative estimate of drug-likeness (QED) is 0.176. The van der Waals surface area contributed by atoms with Crippen molar-refractivity contribution in [3.8, 4) is 0 Å².